The van der Waals surface area contributed by atoms with Gasteiger partial charge in [0.05, 0.1) is 6.42 Å². The Kier molecular flexibility index (Phi) is 5.91. The van der Waals surface area contributed by atoms with Crippen molar-refractivity contribution in [3.63, 3.8) is 0 Å². The lowest BCUT2D eigenvalue weighted by atomic mass is 9.98. The first-order valence-corrected chi connectivity index (χ1v) is 6.43. The third kappa shape index (κ3) is 4.30. The van der Waals surface area contributed by atoms with Crippen LogP contribution in [0.2, 0.25) is 0 Å². The second kappa shape index (κ2) is 7.22. The van der Waals surface area contributed by atoms with Crippen molar-refractivity contribution < 1.29 is 4.79 Å². The quantitative estimate of drug-likeness (QED) is 0.749. The summed E-state index contributed by atoms with van der Waals surface area (Å²) in [4.78, 5) is 16.1. The maximum absolute atomic E-state index is 11.9. The second-order valence-electron chi connectivity index (χ2n) is 4.47. The number of hydrogen-bond donors (Lipinski definition) is 1. The third-order valence-corrected chi connectivity index (χ3v) is 3.05. The molecule has 0 aliphatic rings. The topological polar surface area (TPSA) is 60.9 Å². The van der Waals surface area contributed by atoms with Crippen LogP contribution in [0.5, 0.6) is 0 Å². The van der Waals surface area contributed by atoms with Crippen LogP contribution in [-0.4, -0.2) is 21.9 Å². The van der Waals surface area contributed by atoms with Gasteiger partial charge >= 0.3 is 0 Å². The van der Waals surface area contributed by atoms with Crippen molar-refractivity contribution in [2.45, 2.75) is 46.1 Å². The molecule has 4 nitrogen and oxygen atoms in total. The smallest absolute Gasteiger partial charge is 0.140 e. The summed E-state index contributed by atoms with van der Waals surface area (Å²) in [5.41, 5.74) is 5.61. The molecule has 0 radical (unpaired) electrons. The van der Waals surface area contributed by atoms with Gasteiger partial charge in [0, 0.05) is 25.4 Å². The molecular formula is C13H23N3O. The van der Waals surface area contributed by atoms with Crippen LogP contribution in [0.1, 0.15) is 38.9 Å². The molecule has 0 aromatic carbocycles. The van der Waals surface area contributed by atoms with Crippen LogP contribution in [0.3, 0.4) is 0 Å². The van der Waals surface area contributed by atoms with E-state index in [2.05, 4.69) is 23.4 Å². The molecule has 1 unspecified atom stereocenters. The van der Waals surface area contributed by atoms with Crippen molar-refractivity contribution in [1.82, 2.24) is 9.55 Å². The largest absolute Gasteiger partial charge is 0.335 e. The number of carbonyl (C=O) groups is 1. The first-order valence-electron chi connectivity index (χ1n) is 6.43. The number of nitrogens with two attached hydrogens (primary N) is 1. The number of carbonyl (C=O) groups excluding carboxylic acids is 1. The zero-order valence-electron chi connectivity index (χ0n) is 10.9. The Morgan fingerprint density at radius 2 is 2.29 bits per heavy atom. The Labute approximate surface area is 103 Å². The summed E-state index contributed by atoms with van der Waals surface area (Å²) in [5, 5.41) is 0. The molecule has 0 aliphatic carbocycles. The minimum Gasteiger partial charge on any atom is -0.335 e. The van der Waals surface area contributed by atoms with Crippen LogP contribution in [-0.2, 0) is 17.8 Å². The molecule has 0 spiro atoms. The van der Waals surface area contributed by atoms with Crippen LogP contribution in [0, 0.1) is 5.92 Å². The summed E-state index contributed by atoms with van der Waals surface area (Å²) in [6.07, 6.45) is 6.73. The van der Waals surface area contributed by atoms with Crippen LogP contribution in [0.15, 0.2) is 12.4 Å². The number of ketones is 1. The predicted molar refractivity (Wildman–Crippen MR) is 68.7 cm³/mol. The number of hydrogen-bond acceptors (Lipinski definition) is 3. The second-order valence-corrected chi connectivity index (χ2v) is 4.47. The van der Waals surface area contributed by atoms with Gasteiger partial charge in [0.2, 0.25) is 0 Å². The number of aryl methyl sites for hydroxylation is 1. The molecule has 17 heavy (non-hydrogen) atoms. The van der Waals surface area contributed by atoms with Crippen molar-refractivity contribution in [2.75, 3.05) is 6.54 Å². The van der Waals surface area contributed by atoms with Gasteiger partial charge in [-0.1, -0.05) is 20.3 Å². The van der Waals surface area contributed by atoms with Gasteiger partial charge in [-0.2, -0.15) is 0 Å². The molecule has 96 valence electrons. The lowest BCUT2D eigenvalue weighted by Gasteiger charge is -2.11. The average Bonchev–Trinajstić information content (AvgIpc) is 2.74. The Bertz CT molecular complexity index is 342. The molecule has 0 saturated heterocycles. The fourth-order valence-corrected chi connectivity index (χ4v) is 1.92. The molecule has 0 bridgehead atoms. The molecule has 0 aliphatic heterocycles. The Morgan fingerprint density at radius 3 is 2.88 bits per heavy atom. The summed E-state index contributed by atoms with van der Waals surface area (Å²) >= 11 is 0. The molecule has 0 saturated carbocycles. The monoisotopic (exact) mass is 237 g/mol. The summed E-state index contributed by atoms with van der Waals surface area (Å²) in [6.45, 7) is 5.71. The standard InChI is InChI=1S/C13H23N3O/c1-3-6-16-7-5-15-13(16)9-12(17)8-11(4-2)10-14/h5,7,11H,3-4,6,8-10,14H2,1-2H3. The zero-order chi connectivity index (χ0) is 12.7. The van der Waals surface area contributed by atoms with E-state index in [9.17, 15) is 4.79 Å². The van der Waals surface area contributed by atoms with E-state index in [0.717, 1.165) is 25.2 Å². The number of nitrogens with zero attached hydrogens (tertiary/aromatic N) is 2. The highest BCUT2D eigenvalue weighted by Gasteiger charge is 2.13. The fourth-order valence-electron chi connectivity index (χ4n) is 1.92. The van der Waals surface area contributed by atoms with Crippen molar-refractivity contribution in [2.24, 2.45) is 11.7 Å². The highest BCUT2D eigenvalue weighted by atomic mass is 16.1. The van der Waals surface area contributed by atoms with Gasteiger partial charge in [-0.15, -0.1) is 0 Å². The molecule has 1 atom stereocenters. The number of aromatic nitrogens is 2. The molecule has 2 N–H and O–H groups in total. The summed E-state index contributed by atoms with van der Waals surface area (Å²) in [7, 11) is 0. The highest BCUT2D eigenvalue weighted by Crippen LogP contribution is 2.09. The number of rotatable bonds is 8. The lowest BCUT2D eigenvalue weighted by Crippen LogP contribution is -2.19. The molecule has 1 aromatic heterocycles. The maximum atomic E-state index is 11.9. The van der Waals surface area contributed by atoms with E-state index in [4.69, 9.17) is 5.73 Å². The number of Topliss-reactive ketones (excluding diaryl/α,β-unsaturated/α-hetero) is 1. The Hall–Kier alpha value is -1.16. The van der Waals surface area contributed by atoms with Crippen molar-refractivity contribution in [3.8, 4) is 0 Å². The molecular weight excluding hydrogens is 214 g/mol. The van der Waals surface area contributed by atoms with E-state index < -0.39 is 0 Å². The normalized spacial score (nSPS) is 12.6. The Morgan fingerprint density at radius 1 is 1.53 bits per heavy atom. The molecule has 0 amide bonds. The van der Waals surface area contributed by atoms with E-state index in [1.807, 2.05) is 6.20 Å². The van der Waals surface area contributed by atoms with Gasteiger partial charge < -0.3 is 10.3 Å². The van der Waals surface area contributed by atoms with Crippen molar-refractivity contribution >= 4 is 5.78 Å². The van der Waals surface area contributed by atoms with Gasteiger partial charge in [0.1, 0.15) is 11.6 Å². The van der Waals surface area contributed by atoms with E-state index in [1.54, 1.807) is 6.20 Å². The average molecular weight is 237 g/mol. The van der Waals surface area contributed by atoms with Gasteiger partial charge in [0.25, 0.3) is 0 Å². The third-order valence-electron chi connectivity index (χ3n) is 3.05. The highest BCUT2D eigenvalue weighted by molar-refractivity contribution is 5.80. The fraction of sp³-hybridized carbons (Fsp3) is 0.692. The molecule has 1 heterocycles. The minimum atomic E-state index is 0.242. The summed E-state index contributed by atoms with van der Waals surface area (Å²) in [5.74, 6) is 1.44. The van der Waals surface area contributed by atoms with E-state index in [1.165, 1.54) is 0 Å². The Balaban J connectivity index is 2.52. The van der Waals surface area contributed by atoms with Crippen molar-refractivity contribution in [3.05, 3.63) is 18.2 Å². The molecule has 0 fully saturated rings. The van der Waals surface area contributed by atoms with Crippen LogP contribution < -0.4 is 5.73 Å². The maximum Gasteiger partial charge on any atom is 0.140 e. The van der Waals surface area contributed by atoms with Crippen LogP contribution in [0.25, 0.3) is 0 Å². The lowest BCUT2D eigenvalue weighted by molar-refractivity contribution is -0.119. The van der Waals surface area contributed by atoms with Crippen LogP contribution in [0.4, 0.5) is 0 Å². The summed E-state index contributed by atoms with van der Waals surface area (Å²) < 4.78 is 2.06. The van der Waals surface area contributed by atoms with E-state index in [-0.39, 0.29) is 5.78 Å². The molecule has 1 rings (SSSR count). The van der Waals surface area contributed by atoms with Gasteiger partial charge in [0.15, 0.2) is 0 Å². The van der Waals surface area contributed by atoms with Crippen molar-refractivity contribution in [1.29, 1.82) is 0 Å². The first-order chi connectivity index (χ1) is 8.21. The molecule has 4 heteroatoms. The van der Waals surface area contributed by atoms with Gasteiger partial charge in [-0.3, -0.25) is 4.79 Å². The zero-order valence-corrected chi connectivity index (χ0v) is 10.9. The predicted octanol–water partition coefficient (Wildman–Crippen LogP) is 1.78. The van der Waals surface area contributed by atoms with Gasteiger partial charge in [-0.05, 0) is 18.9 Å². The first kappa shape index (κ1) is 13.9. The van der Waals surface area contributed by atoms with E-state index >= 15 is 0 Å². The SMILES string of the molecule is CCCn1ccnc1CC(=O)CC(CC)CN. The minimum absolute atomic E-state index is 0.242. The van der Waals surface area contributed by atoms with E-state index in [0.29, 0.717) is 25.3 Å². The number of imidazole rings is 1. The van der Waals surface area contributed by atoms with Crippen LogP contribution >= 0.6 is 0 Å². The summed E-state index contributed by atoms with van der Waals surface area (Å²) in [6, 6.07) is 0. The molecule has 1 aromatic rings. The van der Waals surface area contributed by atoms with Gasteiger partial charge in [-0.25, -0.2) is 4.98 Å².